The minimum atomic E-state index is -2.35. The summed E-state index contributed by atoms with van der Waals surface area (Å²) in [5.41, 5.74) is 4.67. The molecule has 0 bridgehead atoms. The Balaban J connectivity index is 3.00. The van der Waals surface area contributed by atoms with Crippen molar-refractivity contribution in [2.45, 2.75) is 74.7 Å². The Morgan fingerprint density at radius 3 is 1.70 bits per heavy atom. The van der Waals surface area contributed by atoms with Crippen LogP contribution in [-0.2, 0) is 26.6 Å². The monoisotopic (exact) mass is 494 g/mol. The molecule has 0 aromatic rings. The van der Waals surface area contributed by atoms with Gasteiger partial charge in [-0.05, 0) is 32.5 Å². The second kappa shape index (κ2) is 12.6. The van der Waals surface area contributed by atoms with Gasteiger partial charge in [-0.1, -0.05) is 31.0 Å². The molecule has 1 aliphatic carbocycles. The van der Waals surface area contributed by atoms with Crippen molar-refractivity contribution in [3.63, 3.8) is 0 Å². The third-order valence-electron chi connectivity index (χ3n) is 6.87. The van der Waals surface area contributed by atoms with E-state index in [1.807, 2.05) is 21.3 Å². The van der Waals surface area contributed by atoms with E-state index in [4.69, 9.17) is 26.6 Å². The second-order valence-electron chi connectivity index (χ2n) is 9.31. The van der Waals surface area contributed by atoms with Crippen LogP contribution in [0.4, 0.5) is 0 Å². The zero-order valence-electron chi connectivity index (χ0n) is 20.8. The predicted octanol–water partition coefficient (Wildman–Crippen LogP) is 5.04. The molecule has 0 spiro atoms. The first-order valence-corrected chi connectivity index (χ1v) is 21.2. The summed E-state index contributed by atoms with van der Waals surface area (Å²) in [7, 11) is 2.20. The number of hydrogen-bond acceptors (Lipinski definition) is 6. The zero-order chi connectivity index (χ0) is 22.9. The van der Waals surface area contributed by atoms with Crippen molar-refractivity contribution >= 4 is 33.8 Å². The van der Waals surface area contributed by atoms with Gasteiger partial charge in [0.2, 0.25) is 8.32 Å². The van der Waals surface area contributed by atoms with Crippen molar-refractivity contribution in [2.75, 3.05) is 42.7 Å². The molecule has 0 radical (unpaired) electrons. The highest BCUT2D eigenvalue weighted by Crippen LogP contribution is 2.42. The van der Waals surface area contributed by atoms with Crippen LogP contribution in [-0.4, -0.2) is 76.4 Å². The van der Waals surface area contributed by atoms with Gasteiger partial charge in [0.15, 0.2) is 8.32 Å². The summed E-state index contributed by atoms with van der Waals surface area (Å²) in [5.74, 6) is 0. The summed E-state index contributed by atoms with van der Waals surface area (Å²) in [5, 5.41) is 0. The van der Waals surface area contributed by atoms with E-state index in [1.54, 1.807) is 21.3 Å². The first kappa shape index (κ1) is 28.4. The molecule has 1 aliphatic rings. The highest BCUT2D eigenvalue weighted by Gasteiger charge is 2.50. The molecule has 0 aromatic heterocycles. The number of allylic oxidation sites excluding steroid dienone is 1. The van der Waals surface area contributed by atoms with E-state index in [1.165, 1.54) is 32.1 Å². The quantitative estimate of drug-likeness (QED) is 0.315. The van der Waals surface area contributed by atoms with Crippen LogP contribution in [0.2, 0.25) is 42.6 Å². The maximum Gasteiger partial charge on any atom is 0.341 e. The molecule has 0 N–H and O–H groups in total. The van der Waals surface area contributed by atoms with Crippen LogP contribution in [0.1, 0.15) is 32.1 Å². The third-order valence-corrected chi connectivity index (χ3v) is 25.7. The van der Waals surface area contributed by atoms with Crippen molar-refractivity contribution in [1.82, 2.24) is 0 Å². The van der Waals surface area contributed by atoms with Crippen molar-refractivity contribution in [3.8, 4) is 0 Å². The lowest BCUT2D eigenvalue weighted by Crippen LogP contribution is -2.53. The van der Waals surface area contributed by atoms with E-state index in [9.17, 15) is 0 Å². The Morgan fingerprint density at radius 2 is 1.27 bits per heavy atom. The maximum absolute atomic E-state index is 6.18. The fraction of sp³-hybridized carbons (Fsp3) is 0.900. The highest BCUT2D eigenvalue weighted by atomic mass is 28.4. The van der Waals surface area contributed by atoms with Crippen LogP contribution in [0, 0.1) is 0 Å². The topological polar surface area (TPSA) is 55.4 Å². The lowest BCUT2D eigenvalue weighted by atomic mass is 10.0. The van der Waals surface area contributed by atoms with E-state index in [0.29, 0.717) is 5.54 Å². The molecule has 0 amide bonds. The molecule has 1 atom stereocenters. The fourth-order valence-corrected chi connectivity index (χ4v) is 23.5. The van der Waals surface area contributed by atoms with Gasteiger partial charge < -0.3 is 26.6 Å². The molecule has 178 valence electrons. The fourth-order valence-electron chi connectivity index (χ4n) is 4.61. The second-order valence-corrected chi connectivity index (χ2v) is 25.7. The maximum atomic E-state index is 6.18. The Hall–Kier alpha value is 0.368. The van der Waals surface area contributed by atoms with Crippen LogP contribution in [0.15, 0.2) is 11.8 Å². The Labute approximate surface area is 189 Å². The SMILES string of the molecule is CO[Si](C)(C)C[Si](C/C=C/[Si](C)(C[Si](OC)(OC)C1CCCCC1)OC)(OC)OC. The van der Waals surface area contributed by atoms with Crippen LogP contribution >= 0.6 is 0 Å². The molecule has 0 aromatic carbocycles. The molecule has 0 heterocycles. The summed E-state index contributed by atoms with van der Waals surface area (Å²) in [6.45, 7) is 6.69. The van der Waals surface area contributed by atoms with Crippen molar-refractivity contribution in [3.05, 3.63) is 11.8 Å². The molecule has 1 rings (SSSR count). The Morgan fingerprint density at radius 1 is 0.700 bits per heavy atom. The molecular formula is C20H46O6Si4. The number of rotatable bonds is 14. The van der Waals surface area contributed by atoms with E-state index in [0.717, 1.165) is 17.4 Å². The van der Waals surface area contributed by atoms with Crippen molar-refractivity contribution in [1.29, 1.82) is 0 Å². The summed E-state index contributed by atoms with van der Waals surface area (Å²) < 4.78 is 36.2. The summed E-state index contributed by atoms with van der Waals surface area (Å²) in [6.07, 6.45) is 8.55. The van der Waals surface area contributed by atoms with Gasteiger partial charge in [0.05, 0.1) is 0 Å². The smallest absolute Gasteiger partial charge is 0.341 e. The van der Waals surface area contributed by atoms with Gasteiger partial charge in [-0.2, -0.15) is 0 Å². The lowest BCUT2D eigenvalue weighted by molar-refractivity contribution is 0.219. The highest BCUT2D eigenvalue weighted by molar-refractivity contribution is 6.92. The molecule has 1 saturated carbocycles. The molecular weight excluding hydrogens is 449 g/mol. The van der Waals surface area contributed by atoms with Crippen molar-refractivity contribution < 1.29 is 26.6 Å². The van der Waals surface area contributed by atoms with Gasteiger partial charge in [0.1, 0.15) is 0 Å². The van der Waals surface area contributed by atoms with Gasteiger partial charge in [-0.15, -0.1) is 0 Å². The molecule has 0 aliphatic heterocycles. The predicted molar refractivity (Wildman–Crippen MR) is 133 cm³/mol. The van der Waals surface area contributed by atoms with E-state index in [-0.39, 0.29) is 0 Å². The Bertz CT molecular complexity index is 519. The minimum absolute atomic E-state index is 0.552. The first-order valence-electron chi connectivity index (χ1n) is 11.1. The van der Waals surface area contributed by atoms with Crippen LogP contribution in [0.3, 0.4) is 0 Å². The lowest BCUT2D eigenvalue weighted by Gasteiger charge is -2.40. The average Bonchev–Trinajstić information content (AvgIpc) is 2.77. The third kappa shape index (κ3) is 7.75. The van der Waals surface area contributed by atoms with Gasteiger partial charge in [-0.3, -0.25) is 0 Å². The number of hydrogen-bond donors (Lipinski definition) is 0. The van der Waals surface area contributed by atoms with Gasteiger partial charge in [0, 0.05) is 65.6 Å². The molecule has 6 nitrogen and oxygen atoms in total. The van der Waals surface area contributed by atoms with E-state index < -0.39 is 33.8 Å². The van der Waals surface area contributed by atoms with Gasteiger partial charge in [-0.25, -0.2) is 0 Å². The summed E-state index contributed by atoms with van der Waals surface area (Å²) >= 11 is 0. The van der Waals surface area contributed by atoms with Gasteiger partial charge in [0.25, 0.3) is 0 Å². The average molecular weight is 495 g/mol. The van der Waals surface area contributed by atoms with Crippen LogP contribution < -0.4 is 0 Å². The van der Waals surface area contributed by atoms with Gasteiger partial charge >= 0.3 is 17.1 Å². The molecule has 1 unspecified atom stereocenters. The standard InChI is InChI=1S/C20H46O6Si4/c1-21-27(7,8)18-29(23-3,24-4)17-13-16-28(9,22-2)19-30(25-5,26-6)20-14-11-10-12-15-20/h13,16,20H,10-12,14-15,17-19H2,1-9H3/b16-13+. The molecule has 30 heavy (non-hydrogen) atoms. The van der Waals surface area contributed by atoms with E-state index >= 15 is 0 Å². The first-order chi connectivity index (χ1) is 14.1. The normalized spacial score (nSPS) is 19.4. The zero-order valence-corrected chi connectivity index (χ0v) is 24.8. The largest absolute Gasteiger partial charge is 0.421 e. The molecule has 10 heteroatoms. The van der Waals surface area contributed by atoms with Crippen molar-refractivity contribution in [2.24, 2.45) is 0 Å². The summed E-state index contributed by atoms with van der Waals surface area (Å²) in [6, 6.07) is 0.795. The Kier molecular flexibility index (Phi) is 11.9. The van der Waals surface area contributed by atoms with E-state index in [2.05, 4.69) is 31.4 Å². The summed E-state index contributed by atoms with van der Waals surface area (Å²) in [4.78, 5) is 0. The molecule has 0 saturated heterocycles. The van der Waals surface area contributed by atoms with Crippen LogP contribution in [0.25, 0.3) is 0 Å². The minimum Gasteiger partial charge on any atom is -0.421 e. The van der Waals surface area contributed by atoms with Crippen LogP contribution in [0.5, 0.6) is 0 Å². The molecule has 1 fully saturated rings.